The second-order valence-corrected chi connectivity index (χ2v) is 11.3. The lowest BCUT2D eigenvalue weighted by atomic mass is 10.00. The Kier molecular flexibility index (Phi) is 8.17. The Morgan fingerprint density at radius 3 is 2.31 bits per heavy atom. The van der Waals surface area contributed by atoms with Gasteiger partial charge in [-0.25, -0.2) is 9.78 Å². The summed E-state index contributed by atoms with van der Waals surface area (Å²) < 4.78 is 43.5. The maximum Gasteiger partial charge on any atom is 0.416 e. The number of carbonyl (C=O) groups is 1. The number of benzene rings is 3. The highest BCUT2D eigenvalue weighted by Crippen LogP contribution is 2.35. The molecule has 0 spiro atoms. The van der Waals surface area contributed by atoms with Crippen molar-refractivity contribution in [2.75, 3.05) is 49.6 Å². The fourth-order valence-electron chi connectivity index (χ4n) is 5.59. The van der Waals surface area contributed by atoms with Crippen molar-refractivity contribution in [1.82, 2.24) is 24.6 Å². The minimum atomic E-state index is -4.55. The highest BCUT2D eigenvalue weighted by atomic mass is 19.4. The molecular weight excluding hydrogens is 581 g/mol. The van der Waals surface area contributed by atoms with Gasteiger partial charge in [0.05, 0.1) is 11.3 Å². The standard InChI is InChI=1S/C33H33F3N8O/c1-42-13-15-44(16-14-42)20-25-7-9-26(18-28(25)33(34,35)36)39-32(45)40-30-19-29(43(2)41-30)22-5-3-21(4-6-22)23-8-10-27-24(17-23)11-12-38-31(27)37/h3-12,17-19H,13-16,20H2,1-2H3,(H2,37,38)(H2,39,40,41,45). The molecule has 1 saturated heterocycles. The van der Waals surface area contributed by atoms with Crippen LogP contribution in [0.4, 0.5) is 35.3 Å². The fourth-order valence-corrected chi connectivity index (χ4v) is 5.59. The lowest BCUT2D eigenvalue weighted by Gasteiger charge is -2.33. The number of urea groups is 1. The largest absolute Gasteiger partial charge is 0.416 e. The summed E-state index contributed by atoms with van der Waals surface area (Å²) in [6, 6.07) is 20.8. The summed E-state index contributed by atoms with van der Waals surface area (Å²) in [5.74, 6) is 0.752. The zero-order valence-corrected chi connectivity index (χ0v) is 24.9. The smallest absolute Gasteiger partial charge is 0.383 e. The fraction of sp³-hybridized carbons (Fsp3) is 0.242. The zero-order valence-electron chi connectivity index (χ0n) is 24.9. The van der Waals surface area contributed by atoms with Gasteiger partial charge in [-0.15, -0.1) is 0 Å². The van der Waals surface area contributed by atoms with Gasteiger partial charge in [0.25, 0.3) is 0 Å². The third-order valence-electron chi connectivity index (χ3n) is 8.09. The maximum absolute atomic E-state index is 14.0. The number of aromatic nitrogens is 3. The van der Waals surface area contributed by atoms with Gasteiger partial charge in [-0.05, 0) is 59.0 Å². The van der Waals surface area contributed by atoms with Crippen molar-refractivity contribution < 1.29 is 18.0 Å². The number of halogens is 3. The molecule has 0 aliphatic carbocycles. The molecule has 3 heterocycles. The molecule has 232 valence electrons. The number of amides is 2. The van der Waals surface area contributed by atoms with Crippen molar-refractivity contribution in [2.24, 2.45) is 7.05 Å². The van der Waals surface area contributed by atoms with Crippen molar-refractivity contribution in [3.63, 3.8) is 0 Å². The maximum atomic E-state index is 14.0. The monoisotopic (exact) mass is 614 g/mol. The number of aryl methyl sites for hydroxylation is 1. The van der Waals surface area contributed by atoms with E-state index in [9.17, 15) is 18.0 Å². The van der Waals surface area contributed by atoms with E-state index in [1.54, 1.807) is 24.0 Å². The van der Waals surface area contributed by atoms with Crippen LogP contribution in [0.2, 0.25) is 0 Å². The Balaban J connectivity index is 1.13. The molecule has 2 aromatic heterocycles. The molecule has 0 saturated carbocycles. The average molecular weight is 615 g/mol. The van der Waals surface area contributed by atoms with Crippen LogP contribution in [-0.2, 0) is 19.8 Å². The first-order valence-corrected chi connectivity index (χ1v) is 14.5. The van der Waals surface area contributed by atoms with Gasteiger partial charge in [-0.2, -0.15) is 18.3 Å². The second kappa shape index (κ2) is 12.2. The van der Waals surface area contributed by atoms with E-state index in [0.717, 1.165) is 52.3 Å². The molecule has 45 heavy (non-hydrogen) atoms. The molecule has 0 unspecified atom stereocenters. The SMILES string of the molecule is CN1CCN(Cc2ccc(NC(=O)Nc3cc(-c4ccc(-c5ccc6c(N)nccc6c5)cc4)n(C)n3)cc2C(F)(F)F)CC1. The Morgan fingerprint density at radius 2 is 1.58 bits per heavy atom. The number of fused-ring (bicyclic) bond motifs is 1. The molecule has 9 nitrogen and oxygen atoms in total. The third-order valence-corrected chi connectivity index (χ3v) is 8.09. The lowest BCUT2D eigenvalue weighted by Crippen LogP contribution is -2.44. The summed E-state index contributed by atoms with van der Waals surface area (Å²) in [7, 11) is 3.75. The summed E-state index contributed by atoms with van der Waals surface area (Å²) in [4.78, 5) is 21.1. The van der Waals surface area contributed by atoms with Crippen LogP contribution in [0.5, 0.6) is 0 Å². The number of anilines is 3. The first-order chi connectivity index (χ1) is 21.5. The molecule has 6 rings (SSSR count). The number of hydrogen-bond donors (Lipinski definition) is 3. The molecule has 5 aromatic rings. The Bertz CT molecular complexity index is 1840. The minimum absolute atomic E-state index is 0.0429. The molecule has 4 N–H and O–H groups in total. The number of hydrogen-bond acceptors (Lipinski definition) is 6. The van der Waals surface area contributed by atoms with Crippen LogP contribution in [0.15, 0.2) is 79.0 Å². The number of piperazine rings is 1. The van der Waals surface area contributed by atoms with Crippen LogP contribution < -0.4 is 16.4 Å². The van der Waals surface area contributed by atoms with Crippen LogP contribution in [0, 0.1) is 0 Å². The van der Waals surface area contributed by atoms with Crippen molar-refractivity contribution in [1.29, 1.82) is 0 Å². The van der Waals surface area contributed by atoms with Gasteiger partial charge in [0.1, 0.15) is 5.82 Å². The predicted molar refractivity (Wildman–Crippen MR) is 171 cm³/mol. The van der Waals surface area contributed by atoms with Gasteiger partial charge in [-0.3, -0.25) is 14.9 Å². The lowest BCUT2D eigenvalue weighted by molar-refractivity contribution is -0.138. The van der Waals surface area contributed by atoms with Gasteiger partial charge in [0.15, 0.2) is 5.82 Å². The predicted octanol–water partition coefficient (Wildman–Crippen LogP) is 6.29. The molecule has 3 aromatic carbocycles. The van der Waals surface area contributed by atoms with E-state index in [0.29, 0.717) is 18.9 Å². The molecule has 1 aliphatic rings. The Labute approximate surface area is 258 Å². The highest BCUT2D eigenvalue weighted by Gasteiger charge is 2.34. The summed E-state index contributed by atoms with van der Waals surface area (Å²) >= 11 is 0. The van der Waals surface area contributed by atoms with Crippen LogP contribution in [0.3, 0.4) is 0 Å². The second-order valence-electron chi connectivity index (χ2n) is 11.3. The number of pyridine rings is 1. The van der Waals surface area contributed by atoms with Crippen molar-refractivity contribution in [2.45, 2.75) is 12.7 Å². The normalized spacial score (nSPS) is 14.5. The molecule has 12 heteroatoms. The average Bonchev–Trinajstić information content (AvgIpc) is 3.37. The number of likely N-dealkylation sites (N-methyl/N-ethyl adjacent to an activating group) is 1. The summed E-state index contributed by atoms with van der Waals surface area (Å²) in [5.41, 5.74) is 9.13. The quantitative estimate of drug-likeness (QED) is 0.208. The van der Waals surface area contributed by atoms with Crippen LogP contribution in [0.25, 0.3) is 33.2 Å². The van der Waals surface area contributed by atoms with Crippen molar-refractivity contribution >= 4 is 34.1 Å². The minimum Gasteiger partial charge on any atom is -0.383 e. The van der Waals surface area contributed by atoms with E-state index >= 15 is 0 Å². The van der Waals surface area contributed by atoms with Gasteiger partial charge < -0.3 is 16.0 Å². The summed E-state index contributed by atoms with van der Waals surface area (Å²) in [5, 5.41) is 11.4. The van der Waals surface area contributed by atoms with Crippen LogP contribution in [0.1, 0.15) is 11.1 Å². The first kappa shape index (κ1) is 30.1. The first-order valence-electron chi connectivity index (χ1n) is 14.5. The van der Waals surface area contributed by atoms with Crippen molar-refractivity contribution in [3.8, 4) is 22.4 Å². The van der Waals surface area contributed by atoms with Gasteiger partial charge in [-0.1, -0.05) is 42.5 Å². The molecule has 1 aliphatic heterocycles. The van der Waals surface area contributed by atoms with Gasteiger partial charge >= 0.3 is 12.2 Å². The number of nitrogens with two attached hydrogens (primary N) is 1. The van der Waals surface area contributed by atoms with Crippen molar-refractivity contribution in [3.05, 3.63) is 90.1 Å². The molecule has 2 amide bonds. The Morgan fingerprint density at radius 1 is 0.867 bits per heavy atom. The molecule has 0 atom stereocenters. The van der Waals surface area contributed by atoms with E-state index in [1.165, 1.54) is 12.1 Å². The third kappa shape index (κ3) is 6.76. The number of nitrogens with one attached hydrogen (secondary N) is 2. The van der Waals surface area contributed by atoms with E-state index in [4.69, 9.17) is 5.73 Å². The van der Waals surface area contributed by atoms with Crippen LogP contribution in [-0.4, -0.2) is 63.8 Å². The number of carbonyl (C=O) groups excluding carboxylic acids is 1. The summed E-state index contributed by atoms with van der Waals surface area (Å²) in [6.07, 6.45) is -2.87. The topological polar surface area (TPSA) is 104 Å². The van der Waals surface area contributed by atoms with Crippen LogP contribution >= 0.6 is 0 Å². The number of alkyl halides is 3. The molecular formula is C33H33F3N8O. The zero-order chi connectivity index (χ0) is 31.7. The van der Waals surface area contributed by atoms with E-state index < -0.39 is 17.8 Å². The number of nitrogen functional groups attached to an aromatic ring is 1. The molecule has 1 fully saturated rings. The number of rotatable bonds is 6. The van der Waals surface area contributed by atoms with E-state index in [-0.39, 0.29) is 23.6 Å². The molecule has 0 radical (unpaired) electrons. The van der Waals surface area contributed by atoms with E-state index in [1.807, 2.05) is 54.4 Å². The highest BCUT2D eigenvalue weighted by molar-refractivity contribution is 5.99. The summed E-state index contributed by atoms with van der Waals surface area (Å²) in [6.45, 7) is 3.21. The number of nitrogens with zero attached hydrogens (tertiary/aromatic N) is 5. The van der Waals surface area contributed by atoms with Gasteiger partial charge in [0.2, 0.25) is 0 Å². The molecule has 0 bridgehead atoms. The Hall–Kier alpha value is -4.94. The van der Waals surface area contributed by atoms with Gasteiger partial charge in [0, 0.05) is 63.1 Å². The van der Waals surface area contributed by atoms with E-state index in [2.05, 4.69) is 31.7 Å².